The van der Waals surface area contributed by atoms with Crippen LogP contribution in [0.1, 0.15) is 27.7 Å². The average Bonchev–Trinajstić information content (AvgIpc) is 3.39. The van der Waals surface area contributed by atoms with Gasteiger partial charge in [0.25, 0.3) is 5.91 Å². The average molecular weight is 401 g/mol. The predicted molar refractivity (Wildman–Crippen MR) is 105 cm³/mol. The lowest BCUT2D eigenvalue weighted by molar-refractivity contribution is -0.346. The number of ether oxygens (including phenoxy) is 3. The van der Waals surface area contributed by atoms with Gasteiger partial charge in [-0.3, -0.25) is 9.59 Å². The zero-order chi connectivity index (χ0) is 21.0. The Kier molecular flexibility index (Phi) is 4.80. The Morgan fingerprint density at radius 2 is 2.07 bits per heavy atom. The lowest BCUT2D eigenvalue weighted by Gasteiger charge is -2.51. The second kappa shape index (κ2) is 6.93. The van der Waals surface area contributed by atoms with Gasteiger partial charge in [-0.2, -0.15) is 0 Å². The fourth-order valence-electron chi connectivity index (χ4n) is 4.37. The van der Waals surface area contributed by atoms with Gasteiger partial charge in [-0.1, -0.05) is 37.6 Å². The number of allylic oxidation sites excluding steroid dienone is 3. The largest absolute Gasteiger partial charge is 0.507 e. The van der Waals surface area contributed by atoms with E-state index in [0.29, 0.717) is 6.61 Å². The summed E-state index contributed by atoms with van der Waals surface area (Å²) in [6.45, 7) is 8.56. The molecule has 156 valence electrons. The fraction of sp³-hybridized carbons (Fsp3) is 0.545. The molecule has 6 atom stereocenters. The summed E-state index contributed by atoms with van der Waals surface area (Å²) in [5.41, 5.74) is 0.221. The summed E-state index contributed by atoms with van der Waals surface area (Å²) < 4.78 is 18.2. The highest BCUT2D eigenvalue weighted by Crippen LogP contribution is 2.51. The number of rotatable bonds is 4. The molecule has 3 saturated heterocycles. The van der Waals surface area contributed by atoms with Crippen LogP contribution < -0.4 is 5.32 Å². The molecular weight excluding hydrogens is 374 g/mol. The quantitative estimate of drug-likeness (QED) is 0.187. The summed E-state index contributed by atoms with van der Waals surface area (Å²) in [5.74, 6) is -1.82. The smallest absolute Gasteiger partial charge is 0.259 e. The molecule has 0 aromatic heterocycles. The van der Waals surface area contributed by atoms with E-state index in [0.717, 1.165) is 5.57 Å². The first-order valence-electron chi connectivity index (χ1n) is 9.96. The van der Waals surface area contributed by atoms with Crippen molar-refractivity contribution in [3.05, 3.63) is 47.3 Å². The summed E-state index contributed by atoms with van der Waals surface area (Å²) in [7, 11) is 0. The topological polar surface area (TPSA) is 97.4 Å². The Bertz CT molecular complexity index is 847. The van der Waals surface area contributed by atoms with E-state index in [9.17, 15) is 14.7 Å². The SMILES string of the molecule is CC(/C=C/C(O)=C1/C(=O)CNC1=O)=C\C(C)C1OC2(C)OC(C=CC23CO3)C1C. The molecule has 7 heteroatoms. The van der Waals surface area contributed by atoms with Crippen molar-refractivity contribution in [1.29, 1.82) is 0 Å². The first-order valence-corrected chi connectivity index (χ1v) is 9.96. The first kappa shape index (κ1) is 20.1. The minimum absolute atomic E-state index is 0.0269. The number of aliphatic hydroxyl groups is 1. The number of aliphatic hydroxyl groups excluding tert-OH is 1. The molecule has 0 aliphatic carbocycles. The highest BCUT2D eigenvalue weighted by Gasteiger charge is 2.65. The Labute approximate surface area is 170 Å². The van der Waals surface area contributed by atoms with Crippen LogP contribution in [0.15, 0.2) is 47.3 Å². The molecule has 1 amide bonds. The van der Waals surface area contributed by atoms with Crippen molar-refractivity contribution < 1.29 is 28.9 Å². The Morgan fingerprint density at radius 3 is 2.69 bits per heavy atom. The van der Waals surface area contributed by atoms with Gasteiger partial charge in [-0.05, 0) is 26.0 Å². The van der Waals surface area contributed by atoms with E-state index >= 15 is 0 Å². The summed E-state index contributed by atoms with van der Waals surface area (Å²) in [5, 5.41) is 12.5. The highest BCUT2D eigenvalue weighted by molar-refractivity contribution is 6.25. The predicted octanol–water partition coefficient (Wildman–Crippen LogP) is 2.11. The van der Waals surface area contributed by atoms with Crippen LogP contribution in [0.5, 0.6) is 0 Å². The number of hydrogen-bond acceptors (Lipinski definition) is 6. The van der Waals surface area contributed by atoms with Gasteiger partial charge in [0, 0.05) is 11.8 Å². The van der Waals surface area contributed by atoms with Gasteiger partial charge in [-0.25, -0.2) is 0 Å². The minimum Gasteiger partial charge on any atom is -0.507 e. The number of hydrogen-bond donors (Lipinski definition) is 2. The van der Waals surface area contributed by atoms with Crippen LogP contribution >= 0.6 is 0 Å². The lowest BCUT2D eigenvalue weighted by Crippen LogP contribution is -2.61. The van der Waals surface area contributed by atoms with Crippen LogP contribution in [0.25, 0.3) is 0 Å². The third kappa shape index (κ3) is 3.37. The number of fused-ring (bicyclic) bond motifs is 3. The number of nitrogens with one attached hydrogen (secondary N) is 1. The normalized spacial score (nSPS) is 41.8. The van der Waals surface area contributed by atoms with E-state index in [1.54, 1.807) is 6.08 Å². The molecule has 2 N–H and O–H groups in total. The maximum absolute atomic E-state index is 11.7. The highest BCUT2D eigenvalue weighted by atomic mass is 16.8. The fourth-order valence-corrected chi connectivity index (χ4v) is 4.37. The van der Waals surface area contributed by atoms with E-state index in [-0.39, 0.29) is 41.9 Å². The van der Waals surface area contributed by atoms with Gasteiger partial charge in [-0.15, -0.1) is 0 Å². The molecule has 4 aliphatic rings. The number of carbonyl (C=O) groups excluding carboxylic acids is 2. The zero-order valence-corrected chi connectivity index (χ0v) is 17.1. The second-order valence-electron chi connectivity index (χ2n) is 8.48. The van der Waals surface area contributed by atoms with Crippen molar-refractivity contribution in [2.75, 3.05) is 13.2 Å². The molecule has 0 radical (unpaired) electrons. The molecule has 3 fully saturated rings. The molecule has 4 heterocycles. The number of carbonyl (C=O) groups is 2. The molecule has 0 saturated carbocycles. The van der Waals surface area contributed by atoms with E-state index in [2.05, 4.69) is 37.4 Å². The Balaban J connectivity index is 1.49. The summed E-state index contributed by atoms with van der Waals surface area (Å²) >= 11 is 0. The molecular formula is C22H27NO6. The van der Waals surface area contributed by atoms with E-state index in [1.807, 2.05) is 13.8 Å². The molecule has 1 spiro atoms. The van der Waals surface area contributed by atoms with Crippen molar-refractivity contribution in [3.8, 4) is 0 Å². The third-order valence-corrected chi connectivity index (χ3v) is 6.26. The third-order valence-electron chi connectivity index (χ3n) is 6.26. The van der Waals surface area contributed by atoms with Crippen molar-refractivity contribution in [3.63, 3.8) is 0 Å². The molecule has 2 bridgehead atoms. The molecule has 4 rings (SSSR count). The van der Waals surface area contributed by atoms with Crippen LogP contribution in [-0.4, -0.2) is 53.5 Å². The van der Waals surface area contributed by atoms with Crippen LogP contribution in [0, 0.1) is 11.8 Å². The van der Waals surface area contributed by atoms with Crippen LogP contribution in [0.3, 0.4) is 0 Å². The summed E-state index contributed by atoms with van der Waals surface area (Å²) in [6.07, 6.45) is 9.18. The molecule has 29 heavy (non-hydrogen) atoms. The molecule has 6 unspecified atom stereocenters. The number of ketones is 1. The van der Waals surface area contributed by atoms with Gasteiger partial charge >= 0.3 is 0 Å². The van der Waals surface area contributed by atoms with Crippen molar-refractivity contribution >= 4 is 11.7 Å². The Hall–Kier alpha value is -2.22. The van der Waals surface area contributed by atoms with Crippen LogP contribution in [0.4, 0.5) is 0 Å². The van der Waals surface area contributed by atoms with Crippen molar-refractivity contribution in [2.45, 2.75) is 51.3 Å². The van der Waals surface area contributed by atoms with E-state index < -0.39 is 23.1 Å². The summed E-state index contributed by atoms with van der Waals surface area (Å²) in [6, 6.07) is 0. The second-order valence-corrected chi connectivity index (χ2v) is 8.48. The van der Waals surface area contributed by atoms with Crippen molar-refractivity contribution in [2.24, 2.45) is 11.8 Å². The number of Topliss-reactive ketones (excluding diaryl/α,β-unsaturated/α-hetero) is 1. The molecule has 4 aliphatic heterocycles. The Morgan fingerprint density at radius 1 is 1.34 bits per heavy atom. The van der Waals surface area contributed by atoms with Gasteiger partial charge < -0.3 is 24.6 Å². The minimum atomic E-state index is -0.797. The van der Waals surface area contributed by atoms with E-state index in [1.165, 1.54) is 6.08 Å². The molecule has 7 nitrogen and oxygen atoms in total. The lowest BCUT2D eigenvalue weighted by atomic mass is 9.82. The summed E-state index contributed by atoms with van der Waals surface area (Å²) in [4.78, 5) is 23.3. The zero-order valence-electron chi connectivity index (χ0n) is 17.1. The van der Waals surface area contributed by atoms with Crippen molar-refractivity contribution in [1.82, 2.24) is 5.32 Å². The first-order chi connectivity index (χ1) is 13.7. The van der Waals surface area contributed by atoms with Crippen LogP contribution in [0.2, 0.25) is 0 Å². The van der Waals surface area contributed by atoms with Gasteiger partial charge in [0.05, 0.1) is 25.4 Å². The maximum atomic E-state index is 11.7. The van der Waals surface area contributed by atoms with Gasteiger partial charge in [0.1, 0.15) is 11.3 Å². The maximum Gasteiger partial charge on any atom is 0.259 e. The van der Waals surface area contributed by atoms with Crippen LogP contribution in [-0.2, 0) is 23.8 Å². The van der Waals surface area contributed by atoms with E-state index in [4.69, 9.17) is 14.2 Å². The molecule has 0 aromatic rings. The van der Waals surface area contributed by atoms with Gasteiger partial charge in [0.15, 0.2) is 11.4 Å². The standard InChI is InChI=1S/C22H27NO6/c1-12(5-6-15(24)18-16(25)10-23-20(18)26)9-13(2)19-14(3)17-7-8-22(11-27-22)21(4,28-17)29-19/h5-9,13-14,17,19,24H,10-11H2,1-4H3,(H,23,26)/b6-5+,12-9+,18-15+. The number of amides is 1. The number of epoxide rings is 1. The monoisotopic (exact) mass is 401 g/mol. The van der Waals surface area contributed by atoms with Gasteiger partial charge in [0.2, 0.25) is 5.79 Å². The molecule has 0 aromatic carbocycles.